The van der Waals surface area contributed by atoms with Crippen molar-refractivity contribution in [2.24, 2.45) is 10.8 Å². The fourth-order valence-electron chi connectivity index (χ4n) is 3.85. The van der Waals surface area contributed by atoms with Crippen molar-refractivity contribution in [1.29, 1.82) is 0 Å². The number of hydrogen-bond acceptors (Lipinski definition) is 1. The Kier molecular flexibility index (Phi) is 5.85. The molecule has 2 nitrogen and oxygen atoms in total. The van der Waals surface area contributed by atoms with Crippen LogP contribution in [0.1, 0.15) is 54.9 Å². The number of rotatable bonds is 5. The Morgan fingerprint density at radius 2 is 1.81 bits per heavy atom. The molecule has 0 N–H and O–H groups in total. The van der Waals surface area contributed by atoms with Gasteiger partial charge in [-0.15, -0.1) is 0 Å². The lowest BCUT2D eigenvalue weighted by Gasteiger charge is -2.31. The van der Waals surface area contributed by atoms with Crippen molar-refractivity contribution >= 4 is 5.71 Å². The molecule has 0 aromatic heterocycles. The first-order chi connectivity index (χ1) is 12.0. The first-order valence-electron chi connectivity index (χ1n) is 9.69. The van der Waals surface area contributed by atoms with Crippen LogP contribution in [0.2, 0.25) is 0 Å². The van der Waals surface area contributed by atoms with Gasteiger partial charge in [-0.3, -0.25) is 0 Å². The van der Waals surface area contributed by atoms with E-state index in [4.69, 9.17) is 0 Å². The Balaban J connectivity index is 2.12. The highest BCUT2D eigenvalue weighted by molar-refractivity contribution is 5.98. The molecule has 2 heterocycles. The lowest BCUT2D eigenvalue weighted by atomic mass is 9.84. The second kappa shape index (κ2) is 7.42. The van der Waals surface area contributed by atoms with Crippen LogP contribution in [0, 0.1) is 10.8 Å². The van der Waals surface area contributed by atoms with Crippen molar-refractivity contribution in [2.75, 3.05) is 14.1 Å². The third-order valence-electron chi connectivity index (χ3n) is 6.17. The van der Waals surface area contributed by atoms with Crippen molar-refractivity contribution in [3.63, 3.8) is 0 Å². The average molecular weight is 354 g/mol. The first-order valence-corrected chi connectivity index (χ1v) is 9.69. The van der Waals surface area contributed by atoms with Crippen LogP contribution in [0.3, 0.4) is 0 Å². The Hall–Kier alpha value is -1.83. The zero-order valence-corrected chi connectivity index (χ0v) is 18.2. The van der Waals surface area contributed by atoms with E-state index in [0.717, 1.165) is 6.42 Å². The van der Waals surface area contributed by atoms with Gasteiger partial charge in [0.2, 0.25) is 0 Å². The van der Waals surface area contributed by atoms with Gasteiger partial charge >= 0.3 is 0 Å². The topological polar surface area (TPSA) is 6.25 Å². The van der Waals surface area contributed by atoms with E-state index in [-0.39, 0.29) is 10.8 Å². The number of nitrogens with zero attached hydrogens (tertiary/aromatic N) is 2. The van der Waals surface area contributed by atoms with E-state index < -0.39 is 0 Å². The molecular formula is C24H37N2+. The summed E-state index contributed by atoms with van der Waals surface area (Å²) in [6.45, 7) is 15.9. The van der Waals surface area contributed by atoms with Gasteiger partial charge in [0.25, 0.3) is 0 Å². The van der Waals surface area contributed by atoms with Crippen LogP contribution < -0.4 is 0 Å². The molecule has 0 amide bonds. The SMILES string of the molecule is CC(=CCC1N(C)C=CC1(C)C)C(C)=C(C)C=CC1=[N+](C)C=CC1(C)C. The maximum atomic E-state index is 2.41. The van der Waals surface area contributed by atoms with E-state index in [1.807, 2.05) is 0 Å². The van der Waals surface area contributed by atoms with E-state index in [0.29, 0.717) is 6.04 Å². The molecule has 0 saturated heterocycles. The average Bonchev–Trinajstić information content (AvgIpc) is 2.97. The van der Waals surface area contributed by atoms with Gasteiger partial charge in [-0.1, -0.05) is 37.6 Å². The minimum absolute atomic E-state index is 0.107. The molecule has 0 fully saturated rings. The van der Waals surface area contributed by atoms with Gasteiger partial charge in [0.1, 0.15) is 7.05 Å². The summed E-state index contributed by atoms with van der Waals surface area (Å²) >= 11 is 0. The third-order valence-corrected chi connectivity index (χ3v) is 6.17. The van der Waals surface area contributed by atoms with E-state index in [1.54, 1.807) is 0 Å². The Morgan fingerprint density at radius 1 is 1.15 bits per heavy atom. The standard InChI is InChI=1S/C24H37N2/c1-18(10-12-21-23(4,5)14-16-25(21)8)20(3)19(2)11-13-22-24(6,7)15-17-26(22)9/h10-12,14-17,22H,13H2,1-9H3/q+1. The largest absolute Gasteiger partial charge is 0.377 e. The van der Waals surface area contributed by atoms with Crippen LogP contribution >= 0.6 is 0 Å². The first kappa shape index (κ1) is 20.5. The Bertz CT molecular complexity index is 736. The smallest absolute Gasteiger partial charge is 0.190 e. The van der Waals surface area contributed by atoms with Crippen molar-refractivity contribution in [3.05, 3.63) is 59.5 Å². The molecule has 0 spiro atoms. The molecule has 2 aliphatic heterocycles. The second-order valence-corrected chi connectivity index (χ2v) is 9.12. The zero-order chi connectivity index (χ0) is 19.7. The number of hydrogen-bond donors (Lipinski definition) is 0. The van der Waals surface area contributed by atoms with Gasteiger partial charge in [-0.25, -0.2) is 4.58 Å². The second-order valence-electron chi connectivity index (χ2n) is 9.12. The highest BCUT2D eigenvalue weighted by atomic mass is 15.1. The van der Waals surface area contributed by atoms with Crippen LogP contribution in [0.4, 0.5) is 0 Å². The zero-order valence-electron chi connectivity index (χ0n) is 18.2. The summed E-state index contributed by atoms with van der Waals surface area (Å²) in [5.41, 5.74) is 5.77. The molecule has 0 aromatic rings. The summed E-state index contributed by atoms with van der Waals surface area (Å²) < 4.78 is 2.22. The summed E-state index contributed by atoms with van der Waals surface area (Å²) in [4.78, 5) is 2.34. The molecule has 0 aliphatic carbocycles. The molecule has 0 aromatic carbocycles. The molecule has 26 heavy (non-hydrogen) atoms. The molecule has 2 heteroatoms. The number of allylic oxidation sites excluding steroid dienone is 6. The van der Waals surface area contributed by atoms with Gasteiger partial charge < -0.3 is 4.90 Å². The molecule has 2 rings (SSSR count). The van der Waals surface area contributed by atoms with Crippen LogP contribution in [0.5, 0.6) is 0 Å². The minimum atomic E-state index is 0.107. The van der Waals surface area contributed by atoms with Crippen molar-refractivity contribution in [3.8, 4) is 0 Å². The normalized spacial score (nSPS) is 25.7. The summed E-state index contributed by atoms with van der Waals surface area (Å²) in [6.07, 6.45) is 17.0. The highest BCUT2D eigenvalue weighted by Crippen LogP contribution is 2.35. The molecule has 142 valence electrons. The minimum Gasteiger partial charge on any atom is -0.377 e. The summed E-state index contributed by atoms with van der Waals surface area (Å²) in [5, 5.41) is 0. The van der Waals surface area contributed by atoms with Crippen molar-refractivity contribution in [1.82, 2.24) is 4.90 Å². The van der Waals surface area contributed by atoms with E-state index in [1.165, 1.54) is 22.4 Å². The van der Waals surface area contributed by atoms with Crippen LogP contribution in [0.25, 0.3) is 0 Å². The Morgan fingerprint density at radius 3 is 2.31 bits per heavy atom. The van der Waals surface area contributed by atoms with E-state index in [2.05, 4.69) is 115 Å². The molecule has 1 atom stereocenters. The molecule has 0 radical (unpaired) electrons. The monoisotopic (exact) mass is 353 g/mol. The van der Waals surface area contributed by atoms with Crippen LogP contribution in [-0.4, -0.2) is 35.3 Å². The van der Waals surface area contributed by atoms with E-state index >= 15 is 0 Å². The van der Waals surface area contributed by atoms with Gasteiger partial charge in [-0.05, 0) is 64.5 Å². The summed E-state index contributed by atoms with van der Waals surface area (Å²) in [5.74, 6) is 0. The lowest BCUT2D eigenvalue weighted by molar-refractivity contribution is -0.419. The van der Waals surface area contributed by atoms with Crippen molar-refractivity contribution in [2.45, 2.75) is 60.9 Å². The fraction of sp³-hybridized carbons (Fsp3) is 0.542. The van der Waals surface area contributed by atoms with Gasteiger partial charge in [0.15, 0.2) is 11.9 Å². The quantitative estimate of drug-likeness (QED) is 0.453. The molecule has 1 unspecified atom stereocenters. The maximum absolute atomic E-state index is 2.41. The highest BCUT2D eigenvalue weighted by Gasteiger charge is 2.33. The van der Waals surface area contributed by atoms with E-state index in [9.17, 15) is 0 Å². The van der Waals surface area contributed by atoms with Gasteiger partial charge in [0.05, 0.1) is 5.41 Å². The predicted molar refractivity (Wildman–Crippen MR) is 114 cm³/mol. The molecular weight excluding hydrogens is 316 g/mol. The van der Waals surface area contributed by atoms with Crippen LogP contribution in [0.15, 0.2) is 59.5 Å². The van der Waals surface area contributed by atoms with Gasteiger partial charge in [-0.2, -0.15) is 0 Å². The summed E-state index contributed by atoms with van der Waals surface area (Å²) in [6, 6.07) is 0.538. The summed E-state index contributed by atoms with van der Waals surface area (Å²) in [7, 11) is 4.30. The fourth-order valence-corrected chi connectivity index (χ4v) is 3.85. The Labute approximate surface area is 161 Å². The maximum Gasteiger partial charge on any atom is 0.190 e. The lowest BCUT2D eigenvalue weighted by Crippen LogP contribution is -2.33. The van der Waals surface area contributed by atoms with Crippen molar-refractivity contribution < 1.29 is 4.58 Å². The van der Waals surface area contributed by atoms with Gasteiger partial charge in [0, 0.05) is 24.6 Å². The molecule has 0 bridgehead atoms. The molecule has 0 saturated carbocycles. The van der Waals surface area contributed by atoms with Crippen LogP contribution in [-0.2, 0) is 0 Å². The third kappa shape index (κ3) is 4.28. The predicted octanol–water partition coefficient (Wildman–Crippen LogP) is 5.71. The molecule has 2 aliphatic rings.